The van der Waals surface area contributed by atoms with E-state index in [-0.39, 0.29) is 11.7 Å². The zero-order valence-corrected chi connectivity index (χ0v) is 26.8. The summed E-state index contributed by atoms with van der Waals surface area (Å²) in [5.74, 6) is 1.38. The molecule has 2 aromatic heterocycles. The van der Waals surface area contributed by atoms with Crippen LogP contribution >= 0.6 is 0 Å². The number of hydrogen-bond acceptors (Lipinski definition) is 7. The molecule has 1 N–H and O–H groups in total. The summed E-state index contributed by atoms with van der Waals surface area (Å²) < 4.78 is 32.6. The number of fused-ring (bicyclic) bond motifs is 1. The van der Waals surface area contributed by atoms with E-state index in [1.54, 1.807) is 30.7 Å². The first kappa shape index (κ1) is 34.3. The smallest absolute Gasteiger partial charge is 0.387 e. The van der Waals surface area contributed by atoms with Gasteiger partial charge in [0.05, 0.1) is 38.1 Å². The van der Waals surface area contributed by atoms with Crippen LogP contribution in [0.1, 0.15) is 49.0 Å². The Morgan fingerprint density at radius 2 is 1.83 bits per heavy atom. The number of nitrogens with one attached hydrogen (secondary N) is 1. The number of carbonyl (C=O) groups excluding carboxylic acids is 2. The monoisotopic (exact) mass is 636 g/mol. The second-order valence-electron chi connectivity index (χ2n) is 11.6. The molecule has 0 bridgehead atoms. The summed E-state index contributed by atoms with van der Waals surface area (Å²) in [5, 5.41) is 11.6. The summed E-state index contributed by atoms with van der Waals surface area (Å²) in [6, 6.07) is 12.1. The lowest BCUT2D eigenvalue weighted by atomic mass is 9.91. The molecule has 1 aliphatic heterocycles. The number of halogens is 2. The van der Waals surface area contributed by atoms with Crippen LogP contribution in [0, 0.1) is 12.8 Å². The SMILES string of the molecule is CC[N+]1(CC)CCC(CCN(C)C(=O)c2ccc(Nc3nccn4c(-c5ccc(OC(F)F)cc5)cnc34)cc2C)CC1.O=C[O-]. The Morgan fingerprint density at radius 1 is 1.15 bits per heavy atom. The number of carbonyl (C=O) groups is 2. The number of alkyl halides is 2. The minimum absolute atomic E-state index is 0.0372. The summed E-state index contributed by atoms with van der Waals surface area (Å²) in [6.07, 6.45) is 8.71. The van der Waals surface area contributed by atoms with Crippen molar-refractivity contribution in [3.8, 4) is 17.0 Å². The van der Waals surface area contributed by atoms with Gasteiger partial charge in [-0.2, -0.15) is 8.78 Å². The van der Waals surface area contributed by atoms with Gasteiger partial charge < -0.3 is 29.3 Å². The fourth-order valence-corrected chi connectivity index (χ4v) is 6.14. The molecule has 0 atom stereocenters. The van der Waals surface area contributed by atoms with Gasteiger partial charge in [0.25, 0.3) is 5.91 Å². The number of aryl methyl sites for hydroxylation is 1. The number of benzene rings is 2. The number of quaternary nitrogens is 1. The zero-order valence-electron chi connectivity index (χ0n) is 26.8. The maximum Gasteiger partial charge on any atom is 0.387 e. The van der Waals surface area contributed by atoms with Gasteiger partial charge in [-0.15, -0.1) is 0 Å². The van der Waals surface area contributed by atoms with E-state index >= 15 is 0 Å². The summed E-state index contributed by atoms with van der Waals surface area (Å²) in [7, 11) is 1.90. The van der Waals surface area contributed by atoms with E-state index in [2.05, 4.69) is 33.9 Å². The van der Waals surface area contributed by atoms with Gasteiger partial charge in [-0.1, -0.05) is 0 Å². The fraction of sp³-hybridized carbons (Fsp3) is 0.412. The van der Waals surface area contributed by atoms with E-state index in [0.717, 1.165) is 35.5 Å². The normalized spacial score (nSPS) is 14.4. The Kier molecular flexibility index (Phi) is 11.6. The molecule has 12 heteroatoms. The van der Waals surface area contributed by atoms with Crippen molar-refractivity contribution < 1.29 is 32.7 Å². The van der Waals surface area contributed by atoms with Gasteiger partial charge in [0.15, 0.2) is 11.5 Å². The molecular weight excluding hydrogens is 594 g/mol. The van der Waals surface area contributed by atoms with Crippen LogP contribution in [-0.4, -0.2) is 82.5 Å². The third-order valence-corrected chi connectivity index (χ3v) is 9.11. The molecule has 1 aliphatic rings. The molecule has 0 radical (unpaired) electrons. The number of rotatable bonds is 11. The van der Waals surface area contributed by atoms with E-state index in [1.165, 1.54) is 55.6 Å². The number of piperidine rings is 1. The second-order valence-corrected chi connectivity index (χ2v) is 11.6. The largest absolute Gasteiger partial charge is 0.554 e. The number of ether oxygens (including phenoxy) is 1. The van der Waals surface area contributed by atoms with E-state index < -0.39 is 13.1 Å². The molecule has 5 rings (SSSR count). The predicted molar refractivity (Wildman–Crippen MR) is 171 cm³/mol. The maximum atomic E-state index is 13.3. The van der Waals surface area contributed by atoms with Crippen LogP contribution < -0.4 is 15.2 Å². The molecule has 246 valence electrons. The number of likely N-dealkylation sites (tertiary alicyclic amines) is 1. The zero-order chi connectivity index (χ0) is 33.3. The minimum atomic E-state index is -2.87. The highest BCUT2D eigenvalue weighted by molar-refractivity contribution is 5.96. The van der Waals surface area contributed by atoms with Crippen molar-refractivity contribution in [2.24, 2.45) is 5.92 Å². The molecule has 1 fully saturated rings. The van der Waals surface area contributed by atoms with Crippen LogP contribution in [0.15, 0.2) is 61.1 Å². The third-order valence-electron chi connectivity index (χ3n) is 9.11. The van der Waals surface area contributed by atoms with Crippen LogP contribution in [0.2, 0.25) is 0 Å². The van der Waals surface area contributed by atoms with Gasteiger partial charge in [0, 0.05) is 49.3 Å². The van der Waals surface area contributed by atoms with Crippen molar-refractivity contribution in [2.75, 3.05) is 45.1 Å². The van der Waals surface area contributed by atoms with Gasteiger partial charge in [0.1, 0.15) is 5.75 Å². The van der Waals surface area contributed by atoms with E-state index in [4.69, 9.17) is 9.90 Å². The molecule has 1 amide bonds. The summed E-state index contributed by atoms with van der Waals surface area (Å²) in [5.41, 5.74) is 4.57. The lowest BCUT2D eigenvalue weighted by Gasteiger charge is -2.42. The van der Waals surface area contributed by atoms with Gasteiger partial charge in [0.2, 0.25) is 0 Å². The molecule has 1 saturated heterocycles. The lowest BCUT2D eigenvalue weighted by Crippen LogP contribution is -2.52. The minimum Gasteiger partial charge on any atom is -0.554 e. The van der Waals surface area contributed by atoms with Gasteiger partial charge >= 0.3 is 6.61 Å². The fourth-order valence-electron chi connectivity index (χ4n) is 6.14. The Balaban J connectivity index is 0.00000154. The third kappa shape index (κ3) is 8.16. The van der Waals surface area contributed by atoms with E-state index in [1.807, 2.05) is 41.5 Å². The van der Waals surface area contributed by atoms with Gasteiger partial charge in [-0.3, -0.25) is 9.20 Å². The molecule has 3 heterocycles. The molecule has 0 unspecified atom stereocenters. The van der Waals surface area contributed by atoms with Crippen molar-refractivity contribution in [2.45, 2.75) is 46.6 Å². The standard InChI is InChI=1S/C33H40F2N6O2.CH2O2/c1-5-41(6-2)19-14-24(15-20-41)13-17-39(4)32(42)28-12-9-26(21-23(28)3)38-30-31-37-22-29(40(31)18-16-36-30)25-7-10-27(11-8-25)43-33(34)35;2-1-3/h7-12,16,18,21-22,24,33H,5-6,13-15,17,19-20H2,1-4H3;1H,(H,2,3). The van der Waals surface area contributed by atoms with E-state index in [0.29, 0.717) is 22.9 Å². The summed E-state index contributed by atoms with van der Waals surface area (Å²) in [6.45, 7) is 8.84. The molecule has 0 spiro atoms. The second kappa shape index (κ2) is 15.6. The lowest BCUT2D eigenvalue weighted by molar-refractivity contribution is -0.930. The van der Waals surface area contributed by atoms with Crippen molar-refractivity contribution in [1.29, 1.82) is 0 Å². The van der Waals surface area contributed by atoms with Gasteiger partial charge in [-0.05, 0) is 94.0 Å². The van der Waals surface area contributed by atoms with Crippen LogP contribution in [0.3, 0.4) is 0 Å². The highest BCUT2D eigenvalue weighted by atomic mass is 19.3. The molecule has 0 saturated carbocycles. The Bertz CT molecular complexity index is 1600. The number of aromatic nitrogens is 3. The first-order valence-electron chi connectivity index (χ1n) is 15.5. The van der Waals surface area contributed by atoms with Crippen LogP contribution in [0.5, 0.6) is 5.75 Å². The van der Waals surface area contributed by atoms with Crippen LogP contribution in [0.25, 0.3) is 16.9 Å². The number of imidazole rings is 1. The molecule has 4 aromatic rings. The number of nitrogens with zero attached hydrogens (tertiary/aromatic N) is 5. The van der Waals surface area contributed by atoms with Crippen molar-refractivity contribution in [3.05, 3.63) is 72.2 Å². The van der Waals surface area contributed by atoms with Crippen molar-refractivity contribution in [1.82, 2.24) is 19.3 Å². The quantitative estimate of drug-likeness (QED) is 0.179. The predicted octanol–water partition coefficient (Wildman–Crippen LogP) is 5.14. The highest BCUT2D eigenvalue weighted by Crippen LogP contribution is 2.29. The molecule has 10 nitrogen and oxygen atoms in total. The Morgan fingerprint density at radius 3 is 2.43 bits per heavy atom. The summed E-state index contributed by atoms with van der Waals surface area (Å²) in [4.78, 5) is 32.5. The Labute approximate surface area is 268 Å². The van der Waals surface area contributed by atoms with Crippen molar-refractivity contribution in [3.63, 3.8) is 0 Å². The Hall–Kier alpha value is -4.58. The van der Waals surface area contributed by atoms with Crippen molar-refractivity contribution >= 4 is 29.5 Å². The number of amides is 1. The first-order valence-corrected chi connectivity index (χ1v) is 15.5. The number of hydrogen-bond donors (Lipinski definition) is 1. The average molecular weight is 637 g/mol. The highest BCUT2D eigenvalue weighted by Gasteiger charge is 2.31. The molecule has 2 aromatic carbocycles. The van der Waals surface area contributed by atoms with E-state index in [9.17, 15) is 13.6 Å². The molecule has 0 aliphatic carbocycles. The van der Waals surface area contributed by atoms with Gasteiger partial charge in [-0.25, -0.2) is 9.97 Å². The number of anilines is 2. The average Bonchev–Trinajstić information content (AvgIpc) is 3.49. The van der Waals surface area contributed by atoms with Crippen LogP contribution in [-0.2, 0) is 4.79 Å². The molecular formula is C34H42F2N6O4. The molecule has 46 heavy (non-hydrogen) atoms. The summed E-state index contributed by atoms with van der Waals surface area (Å²) >= 11 is 0. The number of carboxylic acid groups (broad SMARTS) is 1. The van der Waals surface area contributed by atoms with Crippen LogP contribution in [0.4, 0.5) is 20.3 Å². The maximum absolute atomic E-state index is 13.3. The topological polar surface area (TPSA) is 112 Å². The first-order chi connectivity index (χ1) is 22.1.